The van der Waals surface area contributed by atoms with E-state index < -0.39 is 5.54 Å². The van der Waals surface area contributed by atoms with Crippen LogP contribution in [0.4, 0.5) is 0 Å². The number of rotatable bonds is 6. The molecule has 0 bridgehead atoms. The van der Waals surface area contributed by atoms with Gasteiger partial charge in [-0.05, 0) is 42.5 Å². The quantitative estimate of drug-likeness (QED) is 0.592. The Labute approximate surface area is 118 Å². The van der Waals surface area contributed by atoms with Gasteiger partial charge in [-0.2, -0.15) is 4.99 Å². The standard InChI is InChI=1S/C15H19NO4/c1-18-9-11-7-13(19-2)14(20-3)8-12(11)15(16-10-17)5-4-6-15/h7-8H,4-6,9H2,1-3H3. The average Bonchev–Trinajstić information content (AvgIpc) is 2.43. The molecule has 0 unspecified atom stereocenters. The fourth-order valence-corrected chi connectivity index (χ4v) is 2.67. The molecule has 108 valence electrons. The van der Waals surface area contributed by atoms with E-state index in [1.165, 1.54) is 0 Å². The highest BCUT2D eigenvalue weighted by Crippen LogP contribution is 2.48. The molecule has 0 spiro atoms. The van der Waals surface area contributed by atoms with E-state index >= 15 is 0 Å². The number of ether oxygens (including phenoxy) is 3. The zero-order chi connectivity index (χ0) is 14.6. The first-order valence-corrected chi connectivity index (χ1v) is 6.54. The molecule has 0 N–H and O–H groups in total. The van der Waals surface area contributed by atoms with Crippen LogP contribution in [-0.2, 0) is 21.7 Å². The Kier molecular flexibility index (Phi) is 4.42. The predicted octanol–water partition coefficient (Wildman–Crippen LogP) is 2.57. The molecule has 20 heavy (non-hydrogen) atoms. The van der Waals surface area contributed by atoms with Crippen LogP contribution in [0.1, 0.15) is 30.4 Å². The van der Waals surface area contributed by atoms with Gasteiger partial charge in [0, 0.05) is 7.11 Å². The van der Waals surface area contributed by atoms with Gasteiger partial charge >= 0.3 is 0 Å². The lowest BCUT2D eigenvalue weighted by molar-refractivity contribution is 0.177. The Morgan fingerprint density at radius 1 is 1.20 bits per heavy atom. The van der Waals surface area contributed by atoms with Gasteiger partial charge in [0.2, 0.25) is 6.08 Å². The van der Waals surface area contributed by atoms with Crippen molar-refractivity contribution < 1.29 is 19.0 Å². The fourth-order valence-electron chi connectivity index (χ4n) is 2.67. The summed E-state index contributed by atoms with van der Waals surface area (Å²) in [4.78, 5) is 14.8. The van der Waals surface area contributed by atoms with Gasteiger partial charge in [-0.1, -0.05) is 0 Å². The van der Waals surface area contributed by atoms with Gasteiger partial charge in [-0.3, -0.25) is 0 Å². The van der Waals surface area contributed by atoms with Crippen molar-refractivity contribution in [3.8, 4) is 11.5 Å². The van der Waals surface area contributed by atoms with E-state index in [4.69, 9.17) is 14.2 Å². The molecule has 1 fully saturated rings. The SMILES string of the molecule is COCc1cc(OC)c(OC)cc1C1(N=C=O)CCC1. The zero-order valence-corrected chi connectivity index (χ0v) is 12.1. The molecule has 1 aliphatic rings. The highest BCUT2D eigenvalue weighted by molar-refractivity contribution is 5.51. The molecule has 5 heteroatoms. The van der Waals surface area contributed by atoms with Crippen LogP contribution in [0.5, 0.6) is 11.5 Å². The van der Waals surface area contributed by atoms with E-state index in [1.807, 2.05) is 12.1 Å². The number of isocyanates is 1. The summed E-state index contributed by atoms with van der Waals surface area (Å²) in [5, 5.41) is 0. The third-order valence-corrected chi connectivity index (χ3v) is 3.85. The molecular formula is C15H19NO4. The topological polar surface area (TPSA) is 57.1 Å². The monoisotopic (exact) mass is 277 g/mol. The Balaban J connectivity index is 2.57. The number of benzene rings is 1. The zero-order valence-electron chi connectivity index (χ0n) is 12.1. The van der Waals surface area contributed by atoms with Crippen molar-refractivity contribution in [3.63, 3.8) is 0 Å². The Bertz CT molecular complexity index is 531. The second-order valence-electron chi connectivity index (χ2n) is 4.89. The van der Waals surface area contributed by atoms with Crippen LogP contribution < -0.4 is 9.47 Å². The Morgan fingerprint density at radius 3 is 2.30 bits per heavy atom. The van der Waals surface area contributed by atoms with Crippen LogP contribution in [0.3, 0.4) is 0 Å². The summed E-state index contributed by atoms with van der Waals surface area (Å²) in [5.41, 5.74) is 1.45. The van der Waals surface area contributed by atoms with Crippen LogP contribution in [-0.4, -0.2) is 27.4 Å². The second-order valence-corrected chi connectivity index (χ2v) is 4.89. The van der Waals surface area contributed by atoms with Gasteiger partial charge in [0.1, 0.15) is 0 Å². The third-order valence-electron chi connectivity index (χ3n) is 3.85. The smallest absolute Gasteiger partial charge is 0.235 e. The van der Waals surface area contributed by atoms with E-state index in [9.17, 15) is 4.79 Å². The maximum atomic E-state index is 10.8. The minimum absolute atomic E-state index is 0.436. The summed E-state index contributed by atoms with van der Waals surface area (Å²) in [5.74, 6) is 1.28. The molecule has 0 saturated heterocycles. The van der Waals surface area contributed by atoms with Gasteiger partial charge in [-0.15, -0.1) is 0 Å². The van der Waals surface area contributed by atoms with Crippen molar-refractivity contribution in [3.05, 3.63) is 23.3 Å². The van der Waals surface area contributed by atoms with Crippen molar-refractivity contribution in [2.24, 2.45) is 4.99 Å². The lowest BCUT2D eigenvalue weighted by Crippen LogP contribution is -2.33. The summed E-state index contributed by atoms with van der Waals surface area (Å²) >= 11 is 0. The summed E-state index contributed by atoms with van der Waals surface area (Å²) < 4.78 is 15.9. The first kappa shape index (κ1) is 14.6. The number of methoxy groups -OCH3 is 3. The van der Waals surface area contributed by atoms with Crippen LogP contribution in [0.2, 0.25) is 0 Å². The highest BCUT2D eigenvalue weighted by atomic mass is 16.5. The number of hydrogen-bond donors (Lipinski definition) is 0. The van der Waals surface area contributed by atoms with Crippen molar-refractivity contribution in [2.45, 2.75) is 31.4 Å². The second kappa shape index (κ2) is 6.07. The van der Waals surface area contributed by atoms with Gasteiger partial charge in [-0.25, -0.2) is 4.79 Å². The predicted molar refractivity (Wildman–Crippen MR) is 73.9 cm³/mol. The van der Waals surface area contributed by atoms with Crippen molar-refractivity contribution in [1.82, 2.24) is 0 Å². The van der Waals surface area contributed by atoms with E-state index in [-0.39, 0.29) is 0 Å². The first-order valence-electron chi connectivity index (χ1n) is 6.54. The molecule has 0 aliphatic heterocycles. The number of nitrogens with zero attached hydrogens (tertiary/aromatic N) is 1. The maximum absolute atomic E-state index is 10.8. The molecule has 0 atom stereocenters. The largest absolute Gasteiger partial charge is 0.493 e. The van der Waals surface area contributed by atoms with Crippen molar-refractivity contribution >= 4 is 6.08 Å². The maximum Gasteiger partial charge on any atom is 0.235 e. The fraction of sp³-hybridized carbons (Fsp3) is 0.533. The van der Waals surface area contributed by atoms with Gasteiger partial charge in [0.15, 0.2) is 11.5 Å². The summed E-state index contributed by atoms with van der Waals surface area (Å²) in [7, 11) is 4.82. The van der Waals surface area contributed by atoms with Crippen LogP contribution >= 0.6 is 0 Å². The minimum Gasteiger partial charge on any atom is -0.493 e. The molecule has 0 heterocycles. The Hall–Kier alpha value is -1.84. The van der Waals surface area contributed by atoms with E-state index in [1.54, 1.807) is 27.4 Å². The first-order chi connectivity index (χ1) is 9.70. The number of aliphatic imine (C=N–C) groups is 1. The van der Waals surface area contributed by atoms with E-state index in [0.29, 0.717) is 18.1 Å². The van der Waals surface area contributed by atoms with Gasteiger partial charge in [0.25, 0.3) is 0 Å². The van der Waals surface area contributed by atoms with Gasteiger partial charge < -0.3 is 14.2 Å². The molecule has 1 aromatic rings. The van der Waals surface area contributed by atoms with Crippen LogP contribution in [0, 0.1) is 0 Å². The van der Waals surface area contributed by atoms with Crippen LogP contribution in [0.15, 0.2) is 17.1 Å². The Morgan fingerprint density at radius 2 is 1.85 bits per heavy atom. The molecule has 0 aromatic heterocycles. The average molecular weight is 277 g/mol. The van der Waals surface area contributed by atoms with Crippen LogP contribution in [0.25, 0.3) is 0 Å². The highest BCUT2D eigenvalue weighted by Gasteiger charge is 2.41. The summed E-state index contributed by atoms with van der Waals surface area (Å²) in [6.07, 6.45) is 4.44. The normalized spacial score (nSPS) is 15.9. The van der Waals surface area contributed by atoms with E-state index in [2.05, 4.69) is 4.99 Å². The van der Waals surface area contributed by atoms with Gasteiger partial charge in [0.05, 0.1) is 26.4 Å². The minimum atomic E-state index is -0.477. The molecule has 0 radical (unpaired) electrons. The molecule has 1 aliphatic carbocycles. The summed E-state index contributed by atoms with van der Waals surface area (Å²) in [6, 6.07) is 3.78. The molecule has 0 amide bonds. The number of carbonyl (C=O) groups excluding carboxylic acids is 1. The lowest BCUT2D eigenvalue weighted by atomic mass is 9.71. The third kappa shape index (κ3) is 2.42. The van der Waals surface area contributed by atoms with Crippen molar-refractivity contribution in [2.75, 3.05) is 21.3 Å². The molecule has 1 saturated carbocycles. The number of hydrogen-bond acceptors (Lipinski definition) is 5. The molecular weight excluding hydrogens is 258 g/mol. The van der Waals surface area contributed by atoms with E-state index in [0.717, 1.165) is 30.4 Å². The lowest BCUT2D eigenvalue weighted by Gasteiger charge is -2.38. The molecule has 5 nitrogen and oxygen atoms in total. The van der Waals surface area contributed by atoms with Crippen molar-refractivity contribution in [1.29, 1.82) is 0 Å². The molecule has 2 rings (SSSR count). The molecule has 1 aromatic carbocycles. The summed E-state index contributed by atoms with van der Waals surface area (Å²) in [6.45, 7) is 0.436.